The summed E-state index contributed by atoms with van der Waals surface area (Å²) in [5, 5.41) is 0. The van der Waals surface area contributed by atoms with Crippen LogP contribution in [-0.4, -0.2) is 74.2 Å². The molecule has 3 aromatic rings. The molecule has 2 aliphatic rings. The molecule has 1 N–H and O–H groups in total. The van der Waals surface area contributed by atoms with E-state index in [0.29, 0.717) is 55.3 Å². The zero-order valence-corrected chi connectivity index (χ0v) is 22.5. The molecule has 0 bridgehead atoms. The maximum Gasteiger partial charge on any atom is 0.332 e. The molecule has 1 aliphatic carbocycles. The number of aryl methyl sites for hydroxylation is 1. The Balaban J connectivity index is 1.44. The first kappa shape index (κ1) is 26.8. The Labute approximate surface area is 225 Å². The summed E-state index contributed by atoms with van der Waals surface area (Å²) >= 11 is 0. The summed E-state index contributed by atoms with van der Waals surface area (Å²) in [6, 6.07) is 3.56. The Morgan fingerprint density at radius 1 is 1.13 bits per heavy atom. The minimum Gasteiger partial charge on any atom is -0.383 e. The molecule has 208 valence electrons. The van der Waals surface area contributed by atoms with Crippen LogP contribution in [0.25, 0.3) is 22.6 Å². The number of H-pyrrole nitrogens is 1. The smallest absolute Gasteiger partial charge is 0.332 e. The van der Waals surface area contributed by atoms with Gasteiger partial charge in [0.1, 0.15) is 17.2 Å². The number of piperidine rings is 1. The molecule has 5 rings (SSSR count). The standard InChI is InChI=1S/C27H35N7O5/c1-3-11-33-24-22(26(37)34(27(33)38)15-16-39-2)29-23(30-24)19-9-10-20(28-17-19)32(25(36)18-7-8-18)14-13-31-12-5-4-6-21(31)35/h9-10,17-18H,3-8,11-16H2,1-2H3,(H,29,30). The van der Waals surface area contributed by atoms with Crippen LogP contribution in [0.15, 0.2) is 27.9 Å². The van der Waals surface area contributed by atoms with Crippen LogP contribution < -0.4 is 16.1 Å². The first-order valence-corrected chi connectivity index (χ1v) is 13.7. The number of rotatable bonds is 11. The van der Waals surface area contributed by atoms with E-state index in [0.717, 1.165) is 32.2 Å². The van der Waals surface area contributed by atoms with Crippen molar-refractivity contribution in [3.63, 3.8) is 0 Å². The fourth-order valence-corrected chi connectivity index (χ4v) is 5.00. The number of likely N-dealkylation sites (tertiary alicyclic amines) is 1. The number of carbonyl (C=O) groups is 2. The second-order valence-corrected chi connectivity index (χ2v) is 10.2. The van der Waals surface area contributed by atoms with Crippen LogP contribution in [0.4, 0.5) is 5.82 Å². The van der Waals surface area contributed by atoms with E-state index in [9.17, 15) is 19.2 Å². The summed E-state index contributed by atoms with van der Waals surface area (Å²) in [5.41, 5.74) is 0.306. The summed E-state index contributed by atoms with van der Waals surface area (Å²) in [5.74, 6) is 1.10. The molecule has 12 heteroatoms. The molecule has 0 atom stereocenters. The van der Waals surface area contributed by atoms with E-state index in [1.165, 1.54) is 16.2 Å². The van der Waals surface area contributed by atoms with Gasteiger partial charge in [-0.3, -0.25) is 28.4 Å². The molecule has 0 spiro atoms. The maximum absolute atomic E-state index is 13.1. The maximum atomic E-state index is 13.1. The van der Waals surface area contributed by atoms with Gasteiger partial charge in [-0.15, -0.1) is 0 Å². The SMILES string of the molecule is CCCn1c(=O)n(CCOC)c(=O)c2[nH]c(-c3ccc(N(CCN4CCCCC4=O)C(=O)C4CC4)nc3)nc21. The van der Waals surface area contributed by atoms with Gasteiger partial charge in [0, 0.05) is 57.4 Å². The third-order valence-corrected chi connectivity index (χ3v) is 7.33. The third-order valence-electron chi connectivity index (χ3n) is 7.33. The second kappa shape index (κ2) is 11.5. The molecule has 0 unspecified atom stereocenters. The van der Waals surface area contributed by atoms with Gasteiger partial charge in [0.25, 0.3) is 5.56 Å². The lowest BCUT2D eigenvalue weighted by Crippen LogP contribution is -2.43. The normalized spacial score (nSPS) is 15.7. The molecule has 4 heterocycles. The van der Waals surface area contributed by atoms with Gasteiger partial charge in [-0.05, 0) is 44.2 Å². The zero-order valence-electron chi connectivity index (χ0n) is 22.5. The number of aromatic amines is 1. The van der Waals surface area contributed by atoms with Crippen molar-refractivity contribution in [2.75, 3.05) is 38.3 Å². The number of amides is 2. The van der Waals surface area contributed by atoms with Gasteiger partial charge < -0.3 is 14.6 Å². The molecule has 1 aliphatic heterocycles. The number of aromatic nitrogens is 5. The van der Waals surface area contributed by atoms with Crippen LogP contribution >= 0.6 is 0 Å². The minimum atomic E-state index is -0.448. The van der Waals surface area contributed by atoms with E-state index in [-0.39, 0.29) is 36.4 Å². The van der Waals surface area contributed by atoms with Gasteiger partial charge in [0.05, 0.1) is 13.2 Å². The zero-order chi connectivity index (χ0) is 27.5. The monoisotopic (exact) mass is 537 g/mol. The van der Waals surface area contributed by atoms with E-state index in [1.54, 1.807) is 23.2 Å². The number of hydrogen-bond donors (Lipinski definition) is 1. The number of fused-ring (bicyclic) bond motifs is 1. The number of nitrogens with zero attached hydrogens (tertiary/aromatic N) is 6. The van der Waals surface area contributed by atoms with E-state index in [1.807, 2.05) is 11.8 Å². The first-order chi connectivity index (χ1) is 18.9. The van der Waals surface area contributed by atoms with Crippen molar-refractivity contribution in [2.24, 2.45) is 5.92 Å². The van der Waals surface area contributed by atoms with Crippen molar-refractivity contribution in [2.45, 2.75) is 58.5 Å². The van der Waals surface area contributed by atoms with Crippen LogP contribution in [-0.2, 0) is 27.4 Å². The summed E-state index contributed by atoms with van der Waals surface area (Å²) in [6.45, 7) is 4.35. The van der Waals surface area contributed by atoms with Gasteiger partial charge in [-0.2, -0.15) is 0 Å². The molecule has 0 aromatic carbocycles. The number of ether oxygens (including phenoxy) is 1. The lowest BCUT2D eigenvalue weighted by Gasteiger charge is -2.30. The molecule has 2 amide bonds. The van der Waals surface area contributed by atoms with Crippen LogP contribution in [0.5, 0.6) is 0 Å². The quantitative estimate of drug-likeness (QED) is 0.394. The molecular formula is C27H35N7O5. The molecule has 2 fully saturated rings. The second-order valence-electron chi connectivity index (χ2n) is 10.2. The van der Waals surface area contributed by atoms with Gasteiger partial charge in [0.2, 0.25) is 11.8 Å². The van der Waals surface area contributed by atoms with Crippen molar-refractivity contribution >= 4 is 28.8 Å². The summed E-state index contributed by atoms with van der Waals surface area (Å²) in [7, 11) is 1.52. The number of carbonyl (C=O) groups excluding carboxylic acids is 2. The predicted molar refractivity (Wildman–Crippen MR) is 146 cm³/mol. The molecule has 3 aromatic heterocycles. The molecule has 12 nitrogen and oxygen atoms in total. The highest BCUT2D eigenvalue weighted by molar-refractivity contribution is 5.95. The molecule has 1 saturated carbocycles. The van der Waals surface area contributed by atoms with Crippen molar-refractivity contribution in [1.29, 1.82) is 0 Å². The lowest BCUT2D eigenvalue weighted by molar-refractivity contribution is -0.133. The van der Waals surface area contributed by atoms with Crippen molar-refractivity contribution < 1.29 is 14.3 Å². The highest BCUT2D eigenvalue weighted by Gasteiger charge is 2.35. The number of anilines is 1. The first-order valence-electron chi connectivity index (χ1n) is 13.7. The lowest BCUT2D eigenvalue weighted by atomic mass is 10.1. The van der Waals surface area contributed by atoms with E-state index < -0.39 is 11.2 Å². The highest BCUT2D eigenvalue weighted by atomic mass is 16.5. The number of methoxy groups -OCH3 is 1. The predicted octanol–water partition coefficient (Wildman–Crippen LogP) is 1.76. The Morgan fingerprint density at radius 2 is 1.95 bits per heavy atom. The van der Waals surface area contributed by atoms with Crippen molar-refractivity contribution in [1.82, 2.24) is 29.0 Å². The van der Waals surface area contributed by atoms with Crippen molar-refractivity contribution in [3.05, 3.63) is 39.2 Å². The molecular weight excluding hydrogens is 502 g/mol. The highest BCUT2D eigenvalue weighted by Crippen LogP contribution is 2.32. The third kappa shape index (κ3) is 5.51. The number of pyridine rings is 1. The summed E-state index contributed by atoms with van der Waals surface area (Å²) < 4.78 is 7.75. The fourth-order valence-electron chi connectivity index (χ4n) is 5.00. The molecule has 0 radical (unpaired) electrons. The van der Waals surface area contributed by atoms with Gasteiger partial charge in [-0.1, -0.05) is 6.92 Å². The van der Waals surface area contributed by atoms with Gasteiger partial charge >= 0.3 is 5.69 Å². The Bertz CT molecular complexity index is 1470. The van der Waals surface area contributed by atoms with Gasteiger partial charge in [0.15, 0.2) is 5.65 Å². The van der Waals surface area contributed by atoms with E-state index >= 15 is 0 Å². The van der Waals surface area contributed by atoms with Crippen LogP contribution in [0.1, 0.15) is 45.4 Å². The van der Waals surface area contributed by atoms with Crippen LogP contribution in [0.3, 0.4) is 0 Å². The van der Waals surface area contributed by atoms with E-state index in [2.05, 4.69) is 15.0 Å². The Morgan fingerprint density at radius 3 is 2.62 bits per heavy atom. The summed E-state index contributed by atoms with van der Waals surface area (Å²) in [6.07, 6.45) is 6.51. The number of hydrogen-bond acceptors (Lipinski definition) is 7. The van der Waals surface area contributed by atoms with Crippen LogP contribution in [0, 0.1) is 5.92 Å². The fraction of sp³-hybridized carbons (Fsp3) is 0.556. The number of imidazole rings is 1. The average molecular weight is 538 g/mol. The van der Waals surface area contributed by atoms with Crippen molar-refractivity contribution in [3.8, 4) is 11.4 Å². The van der Waals surface area contributed by atoms with E-state index in [4.69, 9.17) is 4.74 Å². The minimum absolute atomic E-state index is 0.00878. The largest absolute Gasteiger partial charge is 0.383 e. The Hall–Kier alpha value is -3.80. The molecule has 1 saturated heterocycles. The van der Waals surface area contributed by atoms with Crippen LogP contribution in [0.2, 0.25) is 0 Å². The topological polar surface area (TPSA) is 135 Å². The molecule has 39 heavy (non-hydrogen) atoms. The summed E-state index contributed by atoms with van der Waals surface area (Å²) in [4.78, 5) is 67.2. The average Bonchev–Trinajstić information content (AvgIpc) is 3.70. The Kier molecular flexibility index (Phi) is 7.92. The van der Waals surface area contributed by atoms with Gasteiger partial charge in [-0.25, -0.2) is 14.8 Å². The number of nitrogens with one attached hydrogen (secondary N) is 1.